The molecular weight excluding hydrogens is 708 g/mol. The number of benzene rings is 1. The van der Waals surface area contributed by atoms with Crippen LogP contribution in [-0.4, -0.2) is 116 Å². The highest BCUT2D eigenvalue weighted by molar-refractivity contribution is 7.91. The van der Waals surface area contributed by atoms with Gasteiger partial charge in [-0.05, 0) is 80.7 Å². The number of halogens is 1. The van der Waals surface area contributed by atoms with Crippen LogP contribution in [0.25, 0.3) is 0 Å². The zero-order chi connectivity index (χ0) is 40.8. The first-order chi connectivity index (χ1) is 23.8. The predicted octanol–water partition coefficient (Wildman–Crippen LogP) is 5.03. The van der Waals surface area contributed by atoms with Crippen molar-refractivity contribution < 1.29 is 30.8 Å². The van der Waals surface area contributed by atoms with Crippen molar-refractivity contribution in [2.24, 2.45) is 23.7 Å². The number of pyridine rings is 1. The lowest BCUT2D eigenvalue weighted by Crippen LogP contribution is -2.29. The largest absolute Gasteiger partial charge is 0.363 e. The number of sulfonamides is 1. The SMILES string of the molecule is CC(C)CN(C)C.CC(C)CN(C)S(C)(=O)=O.CC(C)CNC(=O)CCS(=O)(=O)c1ccc(F)cc1.CC(C)CNC(=O)c1ccc(N(C)C)nc1. The summed E-state index contributed by atoms with van der Waals surface area (Å²) < 4.78 is 59.4. The lowest BCUT2D eigenvalue weighted by molar-refractivity contribution is -0.120. The van der Waals surface area contributed by atoms with Gasteiger partial charge in [0.15, 0.2) is 9.84 Å². The van der Waals surface area contributed by atoms with Crippen LogP contribution < -0.4 is 15.5 Å². The molecule has 2 N–H and O–H groups in total. The molecule has 0 aliphatic heterocycles. The summed E-state index contributed by atoms with van der Waals surface area (Å²) in [5.41, 5.74) is 0.603. The van der Waals surface area contributed by atoms with Gasteiger partial charge in [0.25, 0.3) is 5.91 Å². The molecule has 0 saturated carbocycles. The molecule has 1 aromatic heterocycles. The first kappa shape index (κ1) is 51.0. The summed E-state index contributed by atoms with van der Waals surface area (Å²) in [6.45, 7) is 19.5. The second-order valence-corrected chi connectivity index (χ2v) is 18.9. The van der Waals surface area contributed by atoms with E-state index in [9.17, 15) is 30.8 Å². The molecule has 0 aliphatic carbocycles. The highest BCUT2D eigenvalue weighted by atomic mass is 32.2. The Morgan fingerprint density at radius 3 is 1.58 bits per heavy atom. The van der Waals surface area contributed by atoms with Crippen molar-refractivity contribution in [3.05, 3.63) is 54.0 Å². The molecule has 0 atom stereocenters. The number of rotatable bonds is 15. The Balaban J connectivity index is 0. The maximum atomic E-state index is 12.7. The average Bonchev–Trinajstić information content (AvgIpc) is 3.01. The number of carbonyl (C=O) groups excluding carboxylic acids is 2. The van der Waals surface area contributed by atoms with Crippen molar-refractivity contribution in [1.82, 2.24) is 24.8 Å². The normalized spacial score (nSPS) is 11.4. The Kier molecular flexibility index (Phi) is 25.3. The first-order valence-electron chi connectivity index (χ1n) is 17.5. The molecule has 1 heterocycles. The Hall–Kier alpha value is -3.14. The first-order valence-corrected chi connectivity index (χ1v) is 21.0. The van der Waals surface area contributed by atoms with Gasteiger partial charge in [0.1, 0.15) is 11.6 Å². The maximum Gasteiger partial charge on any atom is 0.252 e. The van der Waals surface area contributed by atoms with Gasteiger partial charge in [-0.2, -0.15) is 0 Å². The second kappa shape index (κ2) is 25.8. The predicted molar refractivity (Wildman–Crippen MR) is 212 cm³/mol. The van der Waals surface area contributed by atoms with Crippen molar-refractivity contribution >= 4 is 37.5 Å². The standard InChI is InChI=1S/C13H18FNO3S.C12H19N3O.C6H15NO2S.C6H15N/c1-10(2)9-15-13(16)7-8-19(17,18)12-5-3-11(14)4-6-12;1-9(2)7-14-12(16)10-5-6-11(13-8-10)15(3)4;1-6(2)5-7(3)10(4,8)9;1-6(2)5-7(3)4/h3-6,10H,7-9H2,1-2H3,(H,15,16);5-6,8-9H,7H2,1-4H3,(H,14,16);6H,5H2,1-4H3;6H,5H2,1-4H3. The molecule has 52 heavy (non-hydrogen) atoms. The third-order valence-corrected chi connectivity index (χ3v) is 9.55. The maximum absolute atomic E-state index is 12.7. The Labute approximate surface area is 314 Å². The van der Waals surface area contributed by atoms with Crippen molar-refractivity contribution in [3.8, 4) is 0 Å². The number of anilines is 1. The molecule has 2 rings (SSSR count). The lowest BCUT2D eigenvalue weighted by atomic mass is 10.2. The number of carbonyl (C=O) groups is 2. The van der Waals surface area contributed by atoms with E-state index in [2.05, 4.69) is 62.3 Å². The van der Waals surface area contributed by atoms with E-state index in [0.29, 0.717) is 43.0 Å². The van der Waals surface area contributed by atoms with E-state index < -0.39 is 25.7 Å². The van der Waals surface area contributed by atoms with E-state index in [1.165, 1.54) is 29.2 Å². The number of amides is 2. The van der Waals surface area contributed by atoms with Crippen molar-refractivity contribution in [2.45, 2.75) is 66.7 Å². The van der Waals surface area contributed by atoms with Crippen LogP contribution in [0, 0.1) is 29.5 Å². The summed E-state index contributed by atoms with van der Waals surface area (Å²) in [5.74, 6) is 1.69. The number of sulfone groups is 1. The van der Waals surface area contributed by atoms with Gasteiger partial charge in [0, 0.05) is 53.4 Å². The fraction of sp³-hybridized carbons (Fsp3) is 0.649. The van der Waals surface area contributed by atoms with Crippen LogP contribution in [0.2, 0.25) is 0 Å². The van der Waals surface area contributed by atoms with E-state index in [-0.39, 0.29) is 28.9 Å². The molecule has 0 radical (unpaired) electrons. The molecule has 0 fully saturated rings. The fourth-order valence-corrected chi connectivity index (χ4v) is 5.77. The van der Waals surface area contributed by atoms with Crippen LogP contribution in [0.1, 0.15) is 72.2 Å². The quantitative estimate of drug-likeness (QED) is 0.238. The van der Waals surface area contributed by atoms with Crippen LogP contribution in [0.4, 0.5) is 10.2 Å². The minimum atomic E-state index is -3.54. The monoisotopic (exact) mass is 774 g/mol. The van der Waals surface area contributed by atoms with Gasteiger partial charge in [-0.1, -0.05) is 55.4 Å². The zero-order valence-electron chi connectivity index (χ0n) is 34.0. The Bertz CT molecular complexity index is 1490. The Morgan fingerprint density at radius 1 is 0.731 bits per heavy atom. The summed E-state index contributed by atoms with van der Waals surface area (Å²) in [4.78, 5) is 31.4. The molecule has 1 aromatic carbocycles. The molecule has 2 aromatic rings. The second-order valence-electron chi connectivity index (χ2n) is 14.7. The minimum absolute atomic E-state index is 0.0329. The summed E-state index contributed by atoms with van der Waals surface area (Å²) in [6, 6.07) is 8.22. The van der Waals surface area contributed by atoms with Crippen LogP contribution in [0.3, 0.4) is 0 Å². The molecule has 0 spiro atoms. The molecule has 0 saturated heterocycles. The molecule has 0 aliphatic rings. The van der Waals surface area contributed by atoms with Crippen LogP contribution in [0.15, 0.2) is 47.5 Å². The van der Waals surface area contributed by atoms with Gasteiger partial charge in [-0.15, -0.1) is 0 Å². The van der Waals surface area contributed by atoms with E-state index in [0.717, 1.165) is 23.9 Å². The van der Waals surface area contributed by atoms with Crippen molar-refractivity contribution in [2.75, 3.05) is 78.3 Å². The topological polar surface area (TPSA) is 149 Å². The zero-order valence-corrected chi connectivity index (χ0v) is 35.7. The van der Waals surface area contributed by atoms with Crippen LogP contribution in [-0.2, 0) is 24.7 Å². The van der Waals surface area contributed by atoms with E-state index in [1.54, 1.807) is 19.3 Å². The van der Waals surface area contributed by atoms with Gasteiger partial charge in [-0.25, -0.2) is 30.5 Å². The van der Waals surface area contributed by atoms with Gasteiger partial charge in [0.2, 0.25) is 15.9 Å². The summed E-state index contributed by atoms with van der Waals surface area (Å²) in [7, 11) is 3.12. The van der Waals surface area contributed by atoms with Crippen molar-refractivity contribution in [1.29, 1.82) is 0 Å². The third-order valence-electron chi connectivity index (χ3n) is 6.54. The molecule has 12 nitrogen and oxygen atoms in total. The summed E-state index contributed by atoms with van der Waals surface area (Å²) in [5, 5.41) is 5.51. The summed E-state index contributed by atoms with van der Waals surface area (Å²) >= 11 is 0. The number of nitrogens with one attached hydrogen (secondary N) is 2. The van der Waals surface area contributed by atoms with Gasteiger partial charge in [-0.3, -0.25) is 9.59 Å². The molecule has 2 amide bonds. The van der Waals surface area contributed by atoms with Gasteiger partial charge in [0.05, 0.1) is 22.5 Å². The van der Waals surface area contributed by atoms with E-state index in [4.69, 9.17) is 0 Å². The fourth-order valence-electron chi connectivity index (χ4n) is 3.96. The summed E-state index contributed by atoms with van der Waals surface area (Å²) in [6.07, 6.45) is 2.73. The van der Waals surface area contributed by atoms with E-state index in [1.807, 2.05) is 52.8 Å². The highest BCUT2D eigenvalue weighted by Crippen LogP contribution is 2.13. The number of hydrogen-bond donors (Lipinski definition) is 2. The smallest absolute Gasteiger partial charge is 0.252 e. The van der Waals surface area contributed by atoms with Gasteiger partial charge >= 0.3 is 0 Å². The third kappa shape index (κ3) is 26.6. The lowest BCUT2D eigenvalue weighted by Gasteiger charge is -2.15. The molecule has 15 heteroatoms. The molecular formula is C37H67FN6O6S2. The average molecular weight is 775 g/mol. The van der Waals surface area contributed by atoms with Gasteiger partial charge < -0.3 is 20.4 Å². The molecule has 0 bridgehead atoms. The number of nitrogens with zero attached hydrogens (tertiary/aromatic N) is 4. The molecule has 300 valence electrons. The minimum Gasteiger partial charge on any atom is -0.363 e. The highest BCUT2D eigenvalue weighted by Gasteiger charge is 2.16. The molecule has 0 unspecified atom stereocenters. The van der Waals surface area contributed by atoms with Crippen molar-refractivity contribution in [3.63, 3.8) is 0 Å². The number of hydrogen-bond acceptors (Lipinski definition) is 9. The Morgan fingerprint density at radius 2 is 1.23 bits per heavy atom. The number of aromatic nitrogens is 1. The van der Waals surface area contributed by atoms with Crippen LogP contribution in [0.5, 0.6) is 0 Å². The van der Waals surface area contributed by atoms with Crippen LogP contribution >= 0.6 is 0 Å². The van der Waals surface area contributed by atoms with E-state index >= 15 is 0 Å².